The summed E-state index contributed by atoms with van der Waals surface area (Å²) in [7, 11) is 0. The minimum Gasteiger partial charge on any atom is -0.481 e. The molecule has 0 unspecified atom stereocenters. The molecule has 1 heterocycles. The van der Waals surface area contributed by atoms with E-state index in [1.54, 1.807) is 0 Å². The molecule has 0 bridgehead atoms. The number of alkyl halides is 3. The van der Waals surface area contributed by atoms with E-state index in [1.165, 1.54) is 0 Å². The smallest absolute Gasteiger partial charge is 0.481 e. The molecule has 17 heavy (non-hydrogen) atoms. The number of carboxylic acid groups (broad SMARTS) is 1. The molecule has 8 heteroatoms. The molecule has 5 nitrogen and oxygen atoms in total. The predicted molar refractivity (Wildman–Crippen MR) is 49.8 cm³/mol. The fourth-order valence-corrected chi connectivity index (χ4v) is 1.22. The fraction of sp³-hybridized carbons (Fsp3) is 0.333. The number of carbonyl (C=O) groups is 1. The lowest BCUT2D eigenvalue weighted by molar-refractivity contribution is -0.275. The largest absolute Gasteiger partial charge is 0.573 e. The molecule has 0 atom stereocenters. The number of hydrogen-bond donors (Lipinski definition) is 2. The number of hydrogen-bond acceptors (Lipinski definition) is 3. The molecule has 1 aromatic rings. The summed E-state index contributed by atoms with van der Waals surface area (Å²) in [5, 5.41) is 8.52. The molecule has 0 saturated heterocycles. The Balaban J connectivity index is 3.26. The zero-order valence-electron chi connectivity index (χ0n) is 8.59. The van der Waals surface area contributed by atoms with Crippen molar-refractivity contribution in [1.29, 1.82) is 0 Å². The molecule has 0 amide bonds. The van der Waals surface area contributed by atoms with Crippen molar-refractivity contribution in [3.05, 3.63) is 27.7 Å². The number of carboxylic acids is 1. The molecule has 1 rings (SSSR count). The van der Waals surface area contributed by atoms with Crippen LogP contribution in [0.1, 0.15) is 11.1 Å². The minimum atomic E-state index is -4.98. The number of ether oxygens (including phenoxy) is 1. The second-order valence-corrected chi connectivity index (χ2v) is 3.22. The lowest BCUT2D eigenvalue weighted by Crippen LogP contribution is -2.23. The summed E-state index contributed by atoms with van der Waals surface area (Å²) in [5.41, 5.74) is -1.33. The maximum Gasteiger partial charge on any atom is 0.573 e. The molecule has 0 radical (unpaired) electrons. The van der Waals surface area contributed by atoms with E-state index < -0.39 is 30.1 Å². The highest BCUT2D eigenvalue weighted by molar-refractivity contribution is 5.71. The Labute approximate surface area is 92.8 Å². The van der Waals surface area contributed by atoms with Crippen LogP contribution in [-0.2, 0) is 11.2 Å². The predicted octanol–water partition coefficient (Wildman–Crippen LogP) is 1.21. The van der Waals surface area contributed by atoms with E-state index in [1.807, 2.05) is 0 Å². The summed E-state index contributed by atoms with van der Waals surface area (Å²) in [6, 6.07) is 0. The third-order valence-corrected chi connectivity index (χ3v) is 1.91. The number of H-pyrrole nitrogens is 1. The number of aromatic nitrogens is 1. The Kier molecular flexibility index (Phi) is 3.45. The van der Waals surface area contributed by atoms with E-state index in [0.717, 1.165) is 13.1 Å². The fourth-order valence-electron chi connectivity index (χ4n) is 1.22. The van der Waals surface area contributed by atoms with Gasteiger partial charge in [-0.05, 0) is 6.92 Å². The van der Waals surface area contributed by atoms with E-state index in [2.05, 4.69) is 9.72 Å². The minimum absolute atomic E-state index is 0.244. The van der Waals surface area contributed by atoms with Crippen LogP contribution in [0.3, 0.4) is 0 Å². The van der Waals surface area contributed by atoms with Gasteiger partial charge in [0.1, 0.15) is 5.75 Å². The van der Waals surface area contributed by atoms with E-state index in [0.29, 0.717) is 0 Å². The van der Waals surface area contributed by atoms with Crippen LogP contribution in [0.2, 0.25) is 0 Å². The summed E-state index contributed by atoms with van der Waals surface area (Å²) >= 11 is 0. The van der Waals surface area contributed by atoms with Gasteiger partial charge in [-0.3, -0.25) is 9.59 Å². The normalized spacial score (nSPS) is 11.3. The topological polar surface area (TPSA) is 79.4 Å². The van der Waals surface area contributed by atoms with E-state index in [9.17, 15) is 22.8 Å². The van der Waals surface area contributed by atoms with Crippen molar-refractivity contribution in [2.45, 2.75) is 19.7 Å². The highest BCUT2D eigenvalue weighted by atomic mass is 19.4. The van der Waals surface area contributed by atoms with Crippen LogP contribution < -0.4 is 10.3 Å². The van der Waals surface area contributed by atoms with Gasteiger partial charge < -0.3 is 14.8 Å². The average Bonchev–Trinajstić information content (AvgIpc) is 2.15. The van der Waals surface area contributed by atoms with Gasteiger partial charge >= 0.3 is 12.3 Å². The molecule has 1 aromatic heterocycles. The maximum atomic E-state index is 12.1. The molecule has 0 aliphatic carbocycles. The molecule has 2 N–H and O–H groups in total. The van der Waals surface area contributed by atoms with Crippen molar-refractivity contribution in [3.63, 3.8) is 0 Å². The van der Waals surface area contributed by atoms with Crippen molar-refractivity contribution in [2.24, 2.45) is 0 Å². The first-order chi connectivity index (χ1) is 7.70. The third kappa shape index (κ3) is 3.51. The SMILES string of the molecule is Cc1c(OC(F)(F)F)c(CC(=O)O)c[nH]c1=O. The lowest BCUT2D eigenvalue weighted by Gasteiger charge is -2.13. The first-order valence-corrected chi connectivity index (χ1v) is 4.39. The number of halogens is 3. The summed E-state index contributed by atoms with van der Waals surface area (Å²) in [5.74, 6) is -2.09. The average molecular weight is 251 g/mol. The summed E-state index contributed by atoms with van der Waals surface area (Å²) in [6.45, 7) is 1.12. The van der Waals surface area contributed by atoms with E-state index in [-0.39, 0.29) is 11.1 Å². The molecule has 0 saturated carbocycles. The quantitative estimate of drug-likeness (QED) is 0.846. The molecule has 0 aliphatic heterocycles. The zero-order valence-corrected chi connectivity index (χ0v) is 8.59. The molecular weight excluding hydrogens is 243 g/mol. The number of rotatable bonds is 3. The van der Waals surface area contributed by atoms with Crippen molar-refractivity contribution in [2.75, 3.05) is 0 Å². The van der Waals surface area contributed by atoms with Gasteiger partial charge in [-0.1, -0.05) is 0 Å². The van der Waals surface area contributed by atoms with Gasteiger partial charge in [0.05, 0.1) is 12.0 Å². The molecular formula is C9H8F3NO4. The monoisotopic (exact) mass is 251 g/mol. The van der Waals surface area contributed by atoms with Crippen molar-refractivity contribution < 1.29 is 27.8 Å². The second-order valence-electron chi connectivity index (χ2n) is 3.22. The number of aliphatic carboxylic acids is 1. The van der Waals surface area contributed by atoms with Crippen molar-refractivity contribution >= 4 is 5.97 Å². The van der Waals surface area contributed by atoms with E-state index in [4.69, 9.17) is 5.11 Å². The van der Waals surface area contributed by atoms with Gasteiger partial charge in [0.2, 0.25) is 0 Å². The van der Waals surface area contributed by atoms with Crippen LogP contribution in [0.15, 0.2) is 11.0 Å². The van der Waals surface area contributed by atoms with Gasteiger partial charge in [0.25, 0.3) is 5.56 Å². The summed E-state index contributed by atoms with van der Waals surface area (Å²) < 4.78 is 39.9. The third-order valence-electron chi connectivity index (χ3n) is 1.91. The van der Waals surface area contributed by atoms with E-state index >= 15 is 0 Å². The van der Waals surface area contributed by atoms with Crippen molar-refractivity contribution in [3.8, 4) is 5.75 Å². The molecule has 0 aromatic carbocycles. The van der Waals surface area contributed by atoms with Crippen LogP contribution in [0, 0.1) is 6.92 Å². The summed E-state index contributed by atoms with van der Waals surface area (Å²) in [6.07, 6.45) is -4.76. The first-order valence-electron chi connectivity index (χ1n) is 4.39. The number of pyridine rings is 1. The van der Waals surface area contributed by atoms with Gasteiger partial charge in [0.15, 0.2) is 0 Å². The zero-order chi connectivity index (χ0) is 13.2. The Morgan fingerprint density at radius 3 is 2.59 bits per heavy atom. The van der Waals surface area contributed by atoms with Crippen LogP contribution in [0.5, 0.6) is 5.75 Å². The molecule has 0 aliphatic rings. The first kappa shape index (κ1) is 13.1. The highest BCUT2D eigenvalue weighted by Gasteiger charge is 2.33. The Bertz CT molecular complexity index is 492. The Hall–Kier alpha value is -1.99. The van der Waals surface area contributed by atoms with Crippen LogP contribution >= 0.6 is 0 Å². The van der Waals surface area contributed by atoms with Crippen LogP contribution in [-0.4, -0.2) is 22.4 Å². The molecule has 0 spiro atoms. The Morgan fingerprint density at radius 1 is 1.53 bits per heavy atom. The molecule has 94 valence electrons. The van der Waals surface area contributed by atoms with Gasteiger partial charge in [0, 0.05) is 11.8 Å². The maximum absolute atomic E-state index is 12.1. The van der Waals surface area contributed by atoms with Crippen LogP contribution in [0.4, 0.5) is 13.2 Å². The van der Waals surface area contributed by atoms with Gasteiger partial charge in [-0.25, -0.2) is 0 Å². The summed E-state index contributed by atoms with van der Waals surface area (Å²) in [4.78, 5) is 23.7. The lowest BCUT2D eigenvalue weighted by atomic mass is 10.1. The number of nitrogens with one attached hydrogen (secondary N) is 1. The standard InChI is InChI=1S/C9H8F3NO4/c1-4-7(17-9(10,11)12)5(2-6(14)15)3-13-8(4)16/h3H,2H2,1H3,(H,13,16)(H,14,15). The highest BCUT2D eigenvalue weighted by Crippen LogP contribution is 2.27. The van der Waals surface area contributed by atoms with Gasteiger partial charge in [-0.2, -0.15) is 0 Å². The van der Waals surface area contributed by atoms with Gasteiger partial charge in [-0.15, -0.1) is 13.2 Å². The Morgan fingerprint density at radius 2 is 2.12 bits per heavy atom. The number of aromatic amines is 1. The van der Waals surface area contributed by atoms with Crippen molar-refractivity contribution in [1.82, 2.24) is 4.98 Å². The second kappa shape index (κ2) is 4.48. The molecule has 0 fully saturated rings. The van der Waals surface area contributed by atoms with Crippen LogP contribution in [0.25, 0.3) is 0 Å².